The van der Waals surface area contributed by atoms with Crippen molar-refractivity contribution in [2.24, 2.45) is 5.41 Å². The van der Waals surface area contributed by atoms with E-state index in [0.717, 1.165) is 30.2 Å². The number of anilines is 4. The first kappa shape index (κ1) is 18.9. The minimum atomic E-state index is -0.158. The first-order valence-corrected chi connectivity index (χ1v) is 10.8. The molecule has 0 spiro atoms. The molecule has 0 bridgehead atoms. The molecule has 0 aliphatic carbocycles. The Morgan fingerprint density at radius 1 is 0.900 bits per heavy atom. The van der Waals surface area contributed by atoms with Crippen LogP contribution in [0.2, 0.25) is 0 Å². The summed E-state index contributed by atoms with van der Waals surface area (Å²) in [5.41, 5.74) is 3.40. The van der Waals surface area contributed by atoms with Crippen LogP contribution in [-0.4, -0.2) is 16.1 Å². The van der Waals surface area contributed by atoms with Crippen LogP contribution >= 0.6 is 0 Å². The van der Waals surface area contributed by atoms with Gasteiger partial charge in [0.25, 0.3) is 0 Å². The highest BCUT2D eigenvalue weighted by Gasteiger charge is 2.61. The molecule has 0 amide bonds. The second-order valence-electron chi connectivity index (χ2n) is 8.47. The maximum absolute atomic E-state index is 4.81. The van der Waals surface area contributed by atoms with Crippen molar-refractivity contribution in [3.63, 3.8) is 0 Å². The third-order valence-electron chi connectivity index (χ3n) is 7.51. The van der Waals surface area contributed by atoms with Crippen molar-refractivity contribution < 1.29 is 0 Å². The highest BCUT2D eigenvalue weighted by molar-refractivity contribution is 5.87. The second-order valence-corrected chi connectivity index (χ2v) is 8.47. The molecule has 2 aliphatic rings. The number of nitrogens with zero attached hydrogens (tertiary/aromatic N) is 4. The lowest BCUT2D eigenvalue weighted by Gasteiger charge is -2.58. The van der Waals surface area contributed by atoms with Crippen LogP contribution in [-0.2, 0) is 5.41 Å². The van der Waals surface area contributed by atoms with Crippen LogP contribution in [0.15, 0.2) is 79.6 Å². The molecule has 4 heteroatoms. The molecule has 30 heavy (non-hydrogen) atoms. The van der Waals surface area contributed by atoms with E-state index in [2.05, 4.69) is 97.8 Å². The van der Waals surface area contributed by atoms with Crippen molar-refractivity contribution in [3.8, 4) is 0 Å². The SMILES string of the molecule is C=CC1(CC)c2ccccc2N2c3nccnc3N(c3ccccc3)C2C1(C)CC. The third-order valence-corrected chi connectivity index (χ3v) is 7.51. The molecule has 0 fully saturated rings. The molecule has 0 radical (unpaired) electrons. The van der Waals surface area contributed by atoms with E-state index in [-0.39, 0.29) is 17.0 Å². The van der Waals surface area contributed by atoms with Crippen LogP contribution in [0.3, 0.4) is 0 Å². The van der Waals surface area contributed by atoms with Crippen LogP contribution in [0, 0.1) is 5.41 Å². The summed E-state index contributed by atoms with van der Waals surface area (Å²) in [4.78, 5) is 14.4. The molecule has 3 unspecified atom stereocenters. The van der Waals surface area contributed by atoms with Crippen molar-refractivity contribution in [2.75, 3.05) is 9.80 Å². The molecule has 1 aromatic heterocycles. The Morgan fingerprint density at radius 2 is 1.53 bits per heavy atom. The molecule has 3 aromatic rings. The van der Waals surface area contributed by atoms with E-state index in [1.165, 1.54) is 11.3 Å². The van der Waals surface area contributed by atoms with Crippen molar-refractivity contribution in [1.29, 1.82) is 0 Å². The van der Waals surface area contributed by atoms with E-state index in [9.17, 15) is 0 Å². The van der Waals surface area contributed by atoms with Crippen LogP contribution < -0.4 is 9.80 Å². The zero-order chi connectivity index (χ0) is 20.9. The van der Waals surface area contributed by atoms with Crippen molar-refractivity contribution in [3.05, 3.63) is 85.2 Å². The molecule has 4 nitrogen and oxygen atoms in total. The quantitative estimate of drug-likeness (QED) is 0.481. The smallest absolute Gasteiger partial charge is 0.178 e. The fourth-order valence-corrected chi connectivity index (χ4v) is 5.86. The van der Waals surface area contributed by atoms with Gasteiger partial charge in [0.1, 0.15) is 6.17 Å². The van der Waals surface area contributed by atoms with Crippen LogP contribution in [0.5, 0.6) is 0 Å². The number of hydrogen-bond donors (Lipinski definition) is 0. The molecule has 0 saturated carbocycles. The van der Waals surface area contributed by atoms with Gasteiger partial charge in [0.2, 0.25) is 0 Å². The van der Waals surface area contributed by atoms with E-state index in [1.807, 2.05) is 0 Å². The average molecular weight is 397 g/mol. The molecule has 3 atom stereocenters. The Morgan fingerprint density at radius 3 is 2.17 bits per heavy atom. The first-order chi connectivity index (χ1) is 14.6. The monoisotopic (exact) mass is 396 g/mol. The van der Waals surface area contributed by atoms with E-state index in [0.29, 0.717) is 0 Å². The summed E-state index contributed by atoms with van der Waals surface area (Å²) in [6.07, 6.45) is 7.82. The minimum Gasteiger partial charge on any atom is -0.301 e. The Bertz CT molecular complexity index is 1090. The Hall–Kier alpha value is -3.14. The third kappa shape index (κ3) is 2.16. The molecular formula is C26H28N4. The van der Waals surface area contributed by atoms with Gasteiger partial charge in [-0.1, -0.05) is 63.2 Å². The zero-order valence-electron chi connectivity index (χ0n) is 17.9. The molecule has 152 valence electrons. The van der Waals surface area contributed by atoms with Crippen LogP contribution in [0.25, 0.3) is 0 Å². The number of allylic oxidation sites excluding steroid dienone is 1. The number of rotatable bonds is 4. The highest BCUT2D eigenvalue weighted by atomic mass is 15.5. The van der Waals surface area contributed by atoms with Crippen molar-refractivity contribution in [1.82, 2.24) is 9.97 Å². The molecule has 5 rings (SSSR count). The molecule has 0 saturated heterocycles. The molecular weight excluding hydrogens is 368 g/mol. The van der Waals surface area contributed by atoms with Gasteiger partial charge < -0.3 is 9.80 Å². The zero-order valence-corrected chi connectivity index (χ0v) is 17.9. The normalized spacial score (nSPS) is 26.7. The van der Waals surface area contributed by atoms with E-state index >= 15 is 0 Å². The number of benzene rings is 2. The van der Waals surface area contributed by atoms with Gasteiger partial charge in [-0.05, 0) is 36.6 Å². The highest BCUT2D eigenvalue weighted by Crippen LogP contribution is 2.63. The fourth-order valence-electron chi connectivity index (χ4n) is 5.86. The van der Waals surface area contributed by atoms with E-state index in [1.54, 1.807) is 12.4 Å². The molecule has 3 heterocycles. The number of hydrogen-bond acceptors (Lipinski definition) is 4. The lowest BCUT2D eigenvalue weighted by molar-refractivity contribution is 0.120. The first-order valence-electron chi connectivity index (χ1n) is 10.8. The predicted molar refractivity (Wildman–Crippen MR) is 124 cm³/mol. The van der Waals surface area contributed by atoms with E-state index < -0.39 is 0 Å². The maximum Gasteiger partial charge on any atom is 0.178 e. The van der Waals surface area contributed by atoms with Gasteiger partial charge in [-0.3, -0.25) is 0 Å². The molecule has 0 N–H and O–H groups in total. The molecule has 2 aliphatic heterocycles. The summed E-state index contributed by atoms with van der Waals surface area (Å²) in [6.45, 7) is 11.4. The van der Waals surface area contributed by atoms with Crippen LogP contribution in [0.4, 0.5) is 23.0 Å². The largest absolute Gasteiger partial charge is 0.301 e. The maximum atomic E-state index is 4.81. The van der Waals surface area contributed by atoms with Gasteiger partial charge in [0.05, 0.1) is 0 Å². The van der Waals surface area contributed by atoms with Gasteiger partial charge in [-0.2, -0.15) is 0 Å². The number of aromatic nitrogens is 2. The number of para-hydroxylation sites is 2. The summed E-state index contributed by atoms with van der Waals surface area (Å²) < 4.78 is 0. The summed E-state index contributed by atoms with van der Waals surface area (Å²) in [7, 11) is 0. The van der Waals surface area contributed by atoms with Gasteiger partial charge in [0, 0.05) is 34.6 Å². The standard InChI is InChI=1S/C26H28N4/c1-5-25(4)24-29(19-13-9-8-10-14-19)22-23(28-18-17-27-22)30(24)21-16-12-11-15-20(21)26(25,6-2)7-3/h6,8-18,24H,2,5,7H2,1,3-4H3. The van der Waals surface area contributed by atoms with Gasteiger partial charge in [0.15, 0.2) is 11.6 Å². The predicted octanol–water partition coefficient (Wildman–Crippen LogP) is 6.36. The average Bonchev–Trinajstić information content (AvgIpc) is 3.16. The lowest BCUT2D eigenvalue weighted by atomic mass is 9.54. The second kappa shape index (κ2) is 6.69. The Kier molecular flexibility index (Phi) is 4.21. The van der Waals surface area contributed by atoms with Gasteiger partial charge >= 0.3 is 0 Å². The Labute approximate surface area is 178 Å². The minimum absolute atomic E-state index is 0.0511. The van der Waals surface area contributed by atoms with Gasteiger partial charge in [-0.15, -0.1) is 6.58 Å². The van der Waals surface area contributed by atoms with Gasteiger partial charge in [-0.25, -0.2) is 9.97 Å². The lowest BCUT2D eigenvalue weighted by Crippen LogP contribution is -2.62. The fraction of sp³-hybridized carbons (Fsp3) is 0.308. The summed E-state index contributed by atoms with van der Waals surface area (Å²) in [5, 5.41) is 0. The van der Waals surface area contributed by atoms with E-state index in [4.69, 9.17) is 9.97 Å². The van der Waals surface area contributed by atoms with Crippen LogP contribution in [0.1, 0.15) is 39.2 Å². The summed E-state index contributed by atoms with van der Waals surface area (Å²) in [6, 6.07) is 19.3. The molecule has 2 aromatic carbocycles. The van der Waals surface area contributed by atoms with Crippen molar-refractivity contribution in [2.45, 2.75) is 45.2 Å². The topological polar surface area (TPSA) is 32.3 Å². The summed E-state index contributed by atoms with van der Waals surface area (Å²) >= 11 is 0. The number of fused-ring (bicyclic) bond motifs is 5. The summed E-state index contributed by atoms with van der Waals surface area (Å²) in [5.74, 6) is 1.84. The Balaban J connectivity index is 1.88. The van der Waals surface area contributed by atoms with Crippen molar-refractivity contribution >= 4 is 23.0 Å².